The van der Waals surface area contributed by atoms with Gasteiger partial charge in [-0.2, -0.15) is 0 Å². The van der Waals surface area contributed by atoms with Crippen LogP contribution in [-0.2, 0) is 11.3 Å². The van der Waals surface area contributed by atoms with Gasteiger partial charge in [-0.3, -0.25) is 14.2 Å². The number of rotatable bonds is 8. The van der Waals surface area contributed by atoms with Crippen molar-refractivity contribution in [3.05, 3.63) is 98.5 Å². The number of aromatic nitrogens is 3. The summed E-state index contributed by atoms with van der Waals surface area (Å²) in [5.74, 6) is -1.32. The zero-order valence-electron chi connectivity index (χ0n) is 19.3. The molecule has 1 heterocycles. The number of carbonyl (C=O) groups excluding carboxylic acids is 2. The average Bonchev–Trinajstić information content (AvgIpc) is 3.26. The third kappa shape index (κ3) is 6.61. The van der Waals surface area contributed by atoms with Gasteiger partial charge in [0.25, 0.3) is 5.91 Å². The van der Waals surface area contributed by atoms with Crippen molar-refractivity contribution < 1.29 is 14.0 Å². The number of carbonyl (C=O) groups is 2. The average molecular weight is 579 g/mol. The van der Waals surface area contributed by atoms with Crippen LogP contribution in [0.2, 0.25) is 15.1 Å². The van der Waals surface area contributed by atoms with Crippen LogP contribution in [0.3, 0.4) is 0 Å². The van der Waals surface area contributed by atoms with Gasteiger partial charge in [0.1, 0.15) is 5.82 Å². The lowest BCUT2D eigenvalue weighted by Gasteiger charge is -2.12. The second kappa shape index (κ2) is 12.0. The molecule has 0 bridgehead atoms. The largest absolute Gasteiger partial charge is 0.345 e. The van der Waals surface area contributed by atoms with Crippen LogP contribution in [0.1, 0.15) is 21.7 Å². The number of nitrogens with one attached hydrogen (secondary N) is 2. The molecule has 0 saturated heterocycles. The third-order valence-electron chi connectivity index (χ3n) is 5.09. The molecule has 0 saturated carbocycles. The Bertz CT molecular complexity index is 1460. The van der Waals surface area contributed by atoms with Gasteiger partial charge in [0, 0.05) is 5.69 Å². The monoisotopic (exact) mass is 577 g/mol. The number of hydrogen-bond acceptors (Lipinski definition) is 5. The zero-order valence-corrected chi connectivity index (χ0v) is 22.4. The Morgan fingerprint density at radius 2 is 1.76 bits per heavy atom. The molecule has 190 valence electrons. The zero-order chi connectivity index (χ0) is 26.5. The summed E-state index contributed by atoms with van der Waals surface area (Å²) in [6.45, 7) is 1.83. The number of halogens is 4. The highest BCUT2D eigenvalue weighted by Gasteiger charge is 2.20. The van der Waals surface area contributed by atoms with Crippen molar-refractivity contribution in [1.29, 1.82) is 0 Å². The molecule has 0 fully saturated rings. The molecule has 2 amide bonds. The van der Waals surface area contributed by atoms with Crippen LogP contribution in [0.5, 0.6) is 0 Å². The molecule has 0 radical (unpaired) electrons. The molecule has 12 heteroatoms. The van der Waals surface area contributed by atoms with E-state index in [1.54, 1.807) is 28.8 Å². The molecule has 3 aromatic carbocycles. The summed E-state index contributed by atoms with van der Waals surface area (Å²) in [4.78, 5) is 25.2. The Morgan fingerprint density at radius 1 is 0.973 bits per heavy atom. The van der Waals surface area contributed by atoms with Gasteiger partial charge in [0.2, 0.25) is 5.91 Å². The summed E-state index contributed by atoms with van der Waals surface area (Å²) in [6.07, 6.45) is 0. The van der Waals surface area contributed by atoms with Crippen LogP contribution < -0.4 is 10.6 Å². The van der Waals surface area contributed by atoms with Gasteiger partial charge < -0.3 is 10.6 Å². The first-order valence-electron chi connectivity index (χ1n) is 10.8. The maximum Gasteiger partial charge on any atom is 0.256 e. The first kappa shape index (κ1) is 26.9. The highest BCUT2D eigenvalue weighted by Crippen LogP contribution is 2.28. The first-order valence-corrected chi connectivity index (χ1v) is 13.0. The molecular formula is C25H19Cl3FN5O2S. The lowest BCUT2D eigenvalue weighted by atomic mass is 10.2. The number of amides is 2. The van der Waals surface area contributed by atoms with Gasteiger partial charge in [-0.25, -0.2) is 4.39 Å². The maximum atomic E-state index is 14.2. The fourth-order valence-electron chi connectivity index (χ4n) is 3.40. The minimum atomic E-state index is -0.744. The predicted octanol–water partition coefficient (Wildman–Crippen LogP) is 6.34. The molecule has 0 spiro atoms. The Hall–Kier alpha value is -3.11. The van der Waals surface area contributed by atoms with Crippen LogP contribution in [0, 0.1) is 12.7 Å². The molecule has 0 atom stereocenters. The molecule has 2 N–H and O–H groups in total. The van der Waals surface area contributed by atoms with E-state index in [0.29, 0.717) is 32.4 Å². The van der Waals surface area contributed by atoms with Crippen molar-refractivity contribution in [3.63, 3.8) is 0 Å². The highest BCUT2D eigenvalue weighted by molar-refractivity contribution is 7.99. The Morgan fingerprint density at radius 3 is 2.49 bits per heavy atom. The number of hydrogen-bond donors (Lipinski definition) is 2. The second-order valence-corrected chi connectivity index (χ2v) is 9.98. The molecule has 4 rings (SSSR count). The van der Waals surface area contributed by atoms with E-state index in [1.807, 2.05) is 25.1 Å². The van der Waals surface area contributed by atoms with Crippen molar-refractivity contribution in [2.75, 3.05) is 11.1 Å². The van der Waals surface area contributed by atoms with Crippen LogP contribution in [0.15, 0.2) is 65.8 Å². The van der Waals surface area contributed by atoms with E-state index in [0.717, 1.165) is 23.4 Å². The molecule has 0 aliphatic rings. The summed E-state index contributed by atoms with van der Waals surface area (Å²) >= 11 is 19.5. The van der Waals surface area contributed by atoms with E-state index in [2.05, 4.69) is 20.8 Å². The number of nitrogens with zero attached hydrogens (tertiary/aromatic N) is 3. The van der Waals surface area contributed by atoms with E-state index >= 15 is 0 Å². The van der Waals surface area contributed by atoms with Crippen LogP contribution in [0.4, 0.5) is 10.1 Å². The number of benzene rings is 3. The summed E-state index contributed by atoms with van der Waals surface area (Å²) < 4.78 is 15.8. The SMILES string of the molecule is Cc1cccc(NC(=O)CSc2nnc(CNC(=O)c3c(F)cccc3Cl)n2-c2ccc(Cl)c(Cl)c2)c1. The van der Waals surface area contributed by atoms with E-state index in [9.17, 15) is 14.0 Å². The lowest BCUT2D eigenvalue weighted by Crippen LogP contribution is -2.26. The Balaban J connectivity index is 1.55. The predicted molar refractivity (Wildman–Crippen MR) is 144 cm³/mol. The first-order chi connectivity index (χ1) is 17.7. The Labute approximate surface area is 231 Å². The highest BCUT2D eigenvalue weighted by atomic mass is 35.5. The molecule has 0 unspecified atom stereocenters. The smallest absolute Gasteiger partial charge is 0.256 e. The van der Waals surface area contributed by atoms with Gasteiger partial charge in [-0.1, -0.05) is 64.8 Å². The van der Waals surface area contributed by atoms with E-state index in [-0.39, 0.29) is 28.8 Å². The topological polar surface area (TPSA) is 88.9 Å². The minimum absolute atomic E-state index is 0.0145. The third-order valence-corrected chi connectivity index (χ3v) is 7.08. The van der Waals surface area contributed by atoms with Crippen molar-refractivity contribution in [2.45, 2.75) is 18.6 Å². The molecule has 7 nitrogen and oxygen atoms in total. The summed E-state index contributed by atoms with van der Waals surface area (Å²) in [5, 5.41) is 14.8. The van der Waals surface area contributed by atoms with Crippen molar-refractivity contribution >= 4 is 64.1 Å². The summed E-state index contributed by atoms with van der Waals surface area (Å²) in [6, 6.07) is 16.4. The van der Waals surface area contributed by atoms with Crippen molar-refractivity contribution in [2.24, 2.45) is 0 Å². The lowest BCUT2D eigenvalue weighted by molar-refractivity contribution is -0.113. The van der Waals surface area contributed by atoms with Crippen LogP contribution in [-0.4, -0.2) is 32.3 Å². The molecule has 4 aromatic rings. The maximum absolute atomic E-state index is 14.2. The minimum Gasteiger partial charge on any atom is -0.345 e. The fourth-order valence-corrected chi connectivity index (χ4v) is 4.72. The number of thioether (sulfide) groups is 1. The van der Waals surface area contributed by atoms with E-state index in [1.165, 1.54) is 12.1 Å². The molecule has 1 aromatic heterocycles. The second-order valence-electron chi connectivity index (χ2n) is 7.82. The quantitative estimate of drug-likeness (QED) is 0.238. The summed E-state index contributed by atoms with van der Waals surface area (Å²) in [7, 11) is 0. The van der Waals surface area contributed by atoms with E-state index < -0.39 is 11.7 Å². The van der Waals surface area contributed by atoms with Gasteiger partial charge in [0.15, 0.2) is 11.0 Å². The van der Waals surface area contributed by atoms with Gasteiger partial charge >= 0.3 is 0 Å². The van der Waals surface area contributed by atoms with Crippen LogP contribution >= 0.6 is 46.6 Å². The normalized spacial score (nSPS) is 10.8. The molecule has 0 aliphatic carbocycles. The standard InChI is InChI=1S/C25H19Cl3FN5O2S/c1-14-4-2-5-15(10-14)31-22(35)13-37-25-33-32-21(34(25)16-8-9-17(26)19(28)11-16)12-30-24(36)23-18(27)6-3-7-20(23)29/h2-11H,12-13H2,1H3,(H,30,36)(H,31,35). The van der Waals surface area contributed by atoms with Gasteiger partial charge in [-0.05, 0) is 55.0 Å². The number of anilines is 1. The fraction of sp³-hybridized carbons (Fsp3) is 0.120. The van der Waals surface area contributed by atoms with Crippen LogP contribution in [0.25, 0.3) is 5.69 Å². The summed E-state index contributed by atoms with van der Waals surface area (Å²) in [5.41, 5.74) is 2.00. The van der Waals surface area contributed by atoms with Gasteiger partial charge in [0.05, 0.1) is 38.6 Å². The van der Waals surface area contributed by atoms with Crippen molar-refractivity contribution in [3.8, 4) is 5.69 Å². The molecule has 37 heavy (non-hydrogen) atoms. The molecule has 0 aliphatic heterocycles. The van der Waals surface area contributed by atoms with E-state index in [4.69, 9.17) is 34.8 Å². The number of aryl methyl sites for hydroxylation is 1. The molecular weight excluding hydrogens is 560 g/mol. The van der Waals surface area contributed by atoms with Gasteiger partial charge in [-0.15, -0.1) is 10.2 Å². The van der Waals surface area contributed by atoms with Crippen molar-refractivity contribution in [1.82, 2.24) is 20.1 Å². The Kier molecular flexibility index (Phi) is 8.71.